The molecule has 1 aromatic rings. The van der Waals surface area contributed by atoms with Crippen LogP contribution < -0.4 is 5.32 Å². The zero-order chi connectivity index (χ0) is 23.4. The Hall–Kier alpha value is -2.96. The summed E-state index contributed by atoms with van der Waals surface area (Å²) >= 11 is 0. The Morgan fingerprint density at radius 1 is 1.12 bits per heavy atom. The number of nitrogens with one attached hydrogen (secondary N) is 1. The van der Waals surface area contributed by atoms with Crippen LogP contribution in [0.5, 0.6) is 0 Å². The van der Waals surface area contributed by atoms with Crippen LogP contribution >= 0.6 is 0 Å². The van der Waals surface area contributed by atoms with Crippen molar-refractivity contribution in [1.82, 2.24) is 5.32 Å². The number of dihydropyridines is 1. The summed E-state index contributed by atoms with van der Waals surface area (Å²) in [5.41, 5.74) is 1.95. The van der Waals surface area contributed by atoms with Crippen LogP contribution in [0.3, 0.4) is 0 Å². The number of benzene rings is 1. The van der Waals surface area contributed by atoms with Crippen molar-refractivity contribution in [1.29, 1.82) is 0 Å². The molecular formula is C25H30FNO5. The van der Waals surface area contributed by atoms with E-state index in [-0.39, 0.29) is 35.8 Å². The van der Waals surface area contributed by atoms with E-state index in [0.29, 0.717) is 24.2 Å². The third-order valence-electron chi connectivity index (χ3n) is 5.92. The molecule has 0 fully saturated rings. The normalized spacial score (nSPS) is 22.9. The summed E-state index contributed by atoms with van der Waals surface area (Å²) < 4.78 is 25.5. The molecule has 0 amide bonds. The van der Waals surface area contributed by atoms with Gasteiger partial charge in [0.1, 0.15) is 11.7 Å². The maximum atomic E-state index is 15.0. The van der Waals surface area contributed by atoms with Gasteiger partial charge in [-0.25, -0.2) is 9.18 Å². The molecule has 1 aliphatic carbocycles. The van der Waals surface area contributed by atoms with E-state index in [1.807, 2.05) is 13.8 Å². The van der Waals surface area contributed by atoms with Crippen molar-refractivity contribution < 1.29 is 28.2 Å². The van der Waals surface area contributed by atoms with Gasteiger partial charge in [0.25, 0.3) is 0 Å². The second-order valence-electron chi connectivity index (χ2n) is 8.11. The fourth-order valence-electron chi connectivity index (χ4n) is 4.62. The lowest BCUT2D eigenvalue weighted by atomic mass is 9.68. The zero-order valence-corrected chi connectivity index (χ0v) is 19.0. The fraction of sp³-hybridized carbons (Fsp3) is 0.480. The molecule has 0 radical (unpaired) electrons. The van der Waals surface area contributed by atoms with Crippen LogP contribution in [0.25, 0.3) is 0 Å². The summed E-state index contributed by atoms with van der Waals surface area (Å²) in [4.78, 5) is 39.4. The second-order valence-corrected chi connectivity index (χ2v) is 8.11. The molecule has 172 valence electrons. The van der Waals surface area contributed by atoms with Crippen LogP contribution in [0.4, 0.5) is 4.39 Å². The first-order valence-electron chi connectivity index (χ1n) is 11.2. The lowest BCUT2D eigenvalue weighted by Gasteiger charge is -2.39. The smallest absolute Gasteiger partial charge is 0.336 e. The van der Waals surface area contributed by atoms with Crippen LogP contribution in [-0.4, -0.2) is 30.9 Å². The molecule has 7 heteroatoms. The first-order valence-corrected chi connectivity index (χ1v) is 11.2. The van der Waals surface area contributed by atoms with Crippen LogP contribution in [0, 0.1) is 17.7 Å². The molecule has 0 saturated heterocycles. The van der Waals surface area contributed by atoms with E-state index in [9.17, 15) is 14.4 Å². The Balaban J connectivity index is 2.23. The van der Waals surface area contributed by atoms with E-state index in [1.54, 1.807) is 32.0 Å². The molecule has 0 spiro atoms. The number of carbonyl (C=O) groups excluding carboxylic acids is 3. The lowest BCUT2D eigenvalue weighted by molar-refractivity contribution is -0.153. The minimum absolute atomic E-state index is 0.147. The van der Waals surface area contributed by atoms with Crippen molar-refractivity contribution in [3.8, 4) is 0 Å². The highest BCUT2D eigenvalue weighted by molar-refractivity contribution is 6.12. The van der Waals surface area contributed by atoms with Crippen LogP contribution in [0.1, 0.15) is 58.4 Å². The highest BCUT2D eigenvalue weighted by Crippen LogP contribution is 2.46. The number of rotatable bonds is 7. The number of ether oxygens (including phenoxy) is 2. The highest BCUT2D eigenvalue weighted by Gasteiger charge is 2.48. The van der Waals surface area contributed by atoms with Gasteiger partial charge in [-0.1, -0.05) is 38.5 Å². The topological polar surface area (TPSA) is 81.7 Å². The first kappa shape index (κ1) is 23.7. The number of halogens is 1. The molecule has 3 rings (SSSR count). The largest absolute Gasteiger partial charge is 0.465 e. The van der Waals surface area contributed by atoms with Gasteiger partial charge >= 0.3 is 11.9 Å². The quantitative estimate of drug-likeness (QED) is 0.503. The van der Waals surface area contributed by atoms with Gasteiger partial charge in [-0.15, -0.1) is 0 Å². The predicted molar refractivity (Wildman–Crippen MR) is 117 cm³/mol. The molecule has 32 heavy (non-hydrogen) atoms. The minimum Gasteiger partial charge on any atom is -0.465 e. The van der Waals surface area contributed by atoms with Crippen molar-refractivity contribution >= 4 is 17.7 Å². The molecule has 0 saturated carbocycles. The standard InChI is InChI=1S/C25H30FNO5/c1-5-10-17-22(25(30)32-7-3)20(15-11-8-9-12-16(15)26)21-18(27-17)13-14(4)19(23(21)28)24(29)31-6-2/h8-9,11-12,14,19-20,27H,5-7,10,13H2,1-4H3/t14-,19-,20-/m1/s1. The average molecular weight is 444 g/mol. The van der Waals surface area contributed by atoms with Crippen molar-refractivity contribution in [2.45, 2.75) is 52.9 Å². The Morgan fingerprint density at radius 2 is 1.81 bits per heavy atom. The molecule has 1 N–H and O–H groups in total. The third-order valence-corrected chi connectivity index (χ3v) is 5.92. The number of allylic oxidation sites excluding steroid dienone is 3. The van der Waals surface area contributed by atoms with E-state index in [1.165, 1.54) is 6.07 Å². The summed E-state index contributed by atoms with van der Waals surface area (Å²) in [6.45, 7) is 7.49. The predicted octanol–water partition coefficient (Wildman–Crippen LogP) is 4.17. The van der Waals surface area contributed by atoms with Crippen molar-refractivity contribution in [2.24, 2.45) is 11.8 Å². The Morgan fingerprint density at radius 3 is 2.44 bits per heavy atom. The Bertz CT molecular complexity index is 980. The van der Waals surface area contributed by atoms with Gasteiger partial charge < -0.3 is 14.8 Å². The van der Waals surface area contributed by atoms with Crippen LogP contribution in [0.2, 0.25) is 0 Å². The summed E-state index contributed by atoms with van der Waals surface area (Å²) in [5, 5.41) is 3.28. The van der Waals surface area contributed by atoms with E-state index in [0.717, 1.165) is 6.42 Å². The maximum Gasteiger partial charge on any atom is 0.336 e. The van der Waals surface area contributed by atoms with E-state index >= 15 is 4.39 Å². The average Bonchev–Trinajstić information content (AvgIpc) is 2.73. The molecule has 1 aromatic carbocycles. The number of ketones is 1. The monoisotopic (exact) mass is 443 g/mol. The van der Waals surface area contributed by atoms with Crippen molar-refractivity contribution in [2.75, 3.05) is 13.2 Å². The minimum atomic E-state index is -0.999. The van der Waals surface area contributed by atoms with Crippen LogP contribution in [-0.2, 0) is 23.9 Å². The molecule has 2 aliphatic rings. The Kier molecular flexibility index (Phi) is 7.48. The highest BCUT2D eigenvalue weighted by atomic mass is 19.1. The van der Waals surface area contributed by atoms with Gasteiger partial charge in [-0.05, 0) is 38.7 Å². The van der Waals surface area contributed by atoms with Gasteiger partial charge in [-0.2, -0.15) is 0 Å². The Labute approximate surface area is 187 Å². The molecule has 6 nitrogen and oxygen atoms in total. The molecule has 0 aromatic heterocycles. The first-order chi connectivity index (χ1) is 15.3. The van der Waals surface area contributed by atoms with Gasteiger partial charge in [0.2, 0.25) is 0 Å². The van der Waals surface area contributed by atoms with Gasteiger partial charge in [0.05, 0.1) is 24.7 Å². The van der Waals surface area contributed by atoms with E-state index in [2.05, 4.69) is 5.32 Å². The summed E-state index contributed by atoms with van der Waals surface area (Å²) in [7, 11) is 0. The summed E-state index contributed by atoms with van der Waals surface area (Å²) in [6.07, 6.45) is 1.70. The molecule has 1 aliphatic heterocycles. The molecule has 0 unspecified atom stereocenters. The number of esters is 2. The number of hydrogen-bond donors (Lipinski definition) is 1. The number of carbonyl (C=O) groups is 3. The zero-order valence-electron chi connectivity index (χ0n) is 19.0. The molecule has 3 atom stereocenters. The summed E-state index contributed by atoms with van der Waals surface area (Å²) in [5.74, 6) is -4.39. The van der Waals surface area contributed by atoms with Crippen molar-refractivity contribution in [3.63, 3.8) is 0 Å². The summed E-state index contributed by atoms with van der Waals surface area (Å²) in [6, 6.07) is 6.10. The number of hydrogen-bond acceptors (Lipinski definition) is 6. The SMILES string of the molecule is CCCC1=C(C(=O)OCC)[C@H](c2ccccc2F)C2=C(C[C@@H](C)[C@@H](C(=O)OCC)C2=O)N1. The van der Waals surface area contributed by atoms with Crippen molar-refractivity contribution in [3.05, 3.63) is 58.2 Å². The molecule has 0 bridgehead atoms. The molecule has 1 heterocycles. The second kappa shape index (κ2) is 10.1. The number of Topliss-reactive ketones (excluding diaryl/α,β-unsaturated/α-hetero) is 1. The maximum absolute atomic E-state index is 15.0. The molecular weight excluding hydrogens is 413 g/mol. The lowest BCUT2D eigenvalue weighted by Crippen LogP contribution is -2.44. The van der Waals surface area contributed by atoms with Gasteiger partial charge in [0, 0.05) is 22.5 Å². The van der Waals surface area contributed by atoms with Gasteiger partial charge in [0.15, 0.2) is 5.78 Å². The van der Waals surface area contributed by atoms with Gasteiger partial charge in [-0.3, -0.25) is 9.59 Å². The third kappa shape index (κ3) is 4.33. The van der Waals surface area contributed by atoms with Crippen LogP contribution in [0.15, 0.2) is 46.8 Å². The fourth-order valence-corrected chi connectivity index (χ4v) is 4.62. The van der Waals surface area contributed by atoms with E-state index in [4.69, 9.17) is 9.47 Å². The van der Waals surface area contributed by atoms with E-state index < -0.39 is 35.4 Å².